The fourth-order valence-corrected chi connectivity index (χ4v) is 3.43. The Morgan fingerprint density at radius 3 is 2.50 bits per heavy atom. The number of aromatic nitrogens is 1. The minimum atomic E-state index is -0.0343. The second-order valence-corrected chi connectivity index (χ2v) is 6.89. The SMILES string of the molecule is O=C(CN1CCN(C(=O)c2ccc3ncccc3c2)CC1)Nc1ccccc1. The average molecular weight is 374 g/mol. The first kappa shape index (κ1) is 18.1. The molecule has 0 bridgehead atoms. The summed E-state index contributed by atoms with van der Waals surface area (Å²) in [5.41, 5.74) is 2.36. The molecular weight excluding hydrogens is 352 g/mol. The standard InChI is InChI=1S/C22H22N4O2/c27-21(24-19-6-2-1-3-7-19)16-25-11-13-26(14-12-25)22(28)18-8-9-20-17(15-18)5-4-10-23-20/h1-10,15H,11-14,16H2,(H,24,27). The monoisotopic (exact) mass is 374 g/mol. The largest absolute Gasteiger partial charge is 0.336 e. The first-order valence-electron chi connectivity index (χ1n) is 9.40. The number of carbonyl (C=O) groups is 2. The summed E-state index contributed by atoms with van der Waals surface area (Å²) in [7, 11) is 0. The minimum Gasteiger partial charge on any atom is -0.336 e. The van der Waals surface area contributed by atoms with Crippen molar-refractivity contribution in [2.45, 2.75) is 0 Å². The van der Waals surface area contributed by atoms with Crippen LogP contribution in [-0.4, -0.2) is 59.3 Å². The van der Waals surface area contributed by atoms with Crippen molar-refractivity contribution >= 4 is 28.4 Å². The number of rotatable bonds is 4. The van der Waals surface area contributed by atoms with E-state index < -0.39 is 0 Å². The van der Waals surface area contributed by atoms with Crippen molar-refractivity contribution in [3.05, 3.63) is 72.4 Å². The molecule has 0 aliphatic carbocycles. The summed E-state index contributed by atoms with van der Waals surface area (Å²) in [4.78, 5) is 33.2. The van der Waals surface area contributed by atoms with Crippen LogP contribution >= 0.6 is 0 Å². The third kappa shape index (κ3) is 4.18. The lowest BCUT2D eigenvalue weighted by Crippen LogP contribution is -2.50. The summed E-state index contributed by atoms with van der Waals surface area (Å²) in [5, 5.41) is 3.86. The average Bonchev–Trinajstić information content (AvgIpc) is 2.74. The minimum absolute atomic E-state index is 0.0270. The van der Waals surface area contributed by atoms with Crippen molar-refractivity contribution in [2.75, 3.05) is 38.0 Å². The molecule has 4 rings (SSSR count). The molecular formula is C22H22N4O2. The van der Waals surface area contributed by atoms with E-state index in [0.717, 1.165) is 16.6 Å². The topological polar surface area (TPSA) is 65.5 Å². The quantitative estimate of drug-likeness (QED) is 0.762. The summed E-state index contributed by atoms with van der Waals surface area (Å²) in [6.07, 6.45) is 1.75. The fraction of sp³-hybridized carbons (Fsp3) is 0.227. The molecule has 6 nitrogen and oxygen atoms in total. The first-order chi connectivity index (χ1) is 13.7. The van der Waals surface area contributed by atoms with Gasteiger partial charge in [-0.15, -0.1) is 0 Å². The second kappa shape index (κ2) is 8.19. The van der Waals surface area contributed by atoms with E-state index in [-0.39, 0.29) is 11.8 Å². The maximum absolute atomic E-state index is 12.8. The summed E-state index contributed by atoms with van der Waals surface area (Å²) in [5.74, 6) is -0.00727. The number of anilines is 1. The van der Waals surface area contributed by atoms with E-state index in [2.05, 4.69) is 15.2 Å². The molecule has 6 heteroatoms. The van der Waals surface area contributed by atoms with Crippen molar-refractivity contribution in [3.63, 3.8) is 0 Å². The number of nitrogens with one attached hydrogen (secondary N) is 1. The Kier molecular flexibility index (Phi) is 5.30. The summed E-state index contributed by atoms with van der Waals surface area (Å²) in [6.45, 7) is 2.93. The van der Waals surface area contributed by atoms with E-state index in [4.69, 9.17) is 0 Å². The van der Waals surface area contributed by atoms with Crippen LogP contribution in [0.1, 0.15) is 10.4 Å². The Labute approximate surface area is 163 Å². The van der Waals surface area contributed by atoms with Crippen molar-refractivity contribution in [1.82, 2.24) is 14.8 Å². The summed E-state index contributed by atoms with van der Waals surface area (Å²) in [6, 6.07) is 18.9. The lowest BCUT2D eigenvalue weighted by Gasteiger charge is -2.34. The van der Waals surface area contributed by atoms with E-state index in [1.54, 1.807) is 6.20 Å². The van der Waals surface area contributed by atoms with Gasteiger partial charge in [0.05, 0.1) is 12.1 Å². The van der Waals surface area contributed by atoms with Crippen LogP contribution in [0.5, 0.6) is 0 Å². The lowest BCUT2D eigenvalue weighted by molar-refractivity contribution is -0.117. The smallest absolute Gasteiger partial charge is 0.253 e. The molecule has 1 N–H and O–H groups in total. The third-order valence-corrected chi connectivity index (χ3v) is 4.93. The van der Waals surface area contributed by atoms with E-state index in [0.29, 0.717) is 38.3 Å². The van der Waals surface area contributed by atoms with E-state index in [1.165, 1.54) is 0 Å². The molecule has 1 aromatic heterocycles. The van der Waals surface area contributed by atoms with Gasteiger partial charge in [0.15, 0.2) is 0 Å². The van der Waals surface area contributed by atoms with Gasteiger partial charge in [-0.25, -0.2) is 0 Å². The van der Waals surface area contributed by atoms with Crippen LogP contribution < -0.4 is 5.32 Å². The van der Waals surface area contributed by atoms with Gasteiger partial charge in [0.25, 0.3) is 5.91 Å². The molecule has 0 saturated carbocycles. The number of pyridine rings is 1. The Balaban J connectivity index is 1.31. The van der Waals surface area contributed by atoms with Crippen LogP contribution in [-0.2, 0) is 4.79 Å². The van der Waals surface area contributed by atoms with E-state index in [1.807, 2.05) is 65.6 Å². The molecule has 142 valence electrons. The predicted molar refractivity (Wildman–Crippen MR) is 109 cm³/mol. The maximum Gasteiger partial charge on any atom is 0.253 e. The van der Waals surface area contributed by atoms with Crippen molar-refractivity contribution in [2.24, 2.45) is 0 Å². The van der Waals surface area contributed by atoms with Crippen LogP contribution in [0.4, 0.5) is 5.69 Å². The highest BCUT2D eigenvalue weighted by atomic mass is 16.2. The van der Waals surface area contributed by atoms with Crippen LogP contribution in [0, 0.1) is 0 Å². The molecule has 1 aliphatic rings. The number of fused-ring (bicyclic) bond motifs is 1. The number of amides is 2. The fourth-order valence-electron chi connectivity index (χ4n) is 3.43. The number of nitrogens with zero attached hydrogens (tertiary/aromatic N) is 3. The predicted octanol–water partition coefficient (Wildman–Crippen LogP) is 2.63. The van der Waals surface area contributed by atoms with Crippen molar-refractivity contribution < 1.29 is 9.59 Å². The van der Waals surface area contributed by atoms with Gasteiger partial charge in [0.1, 0.15) is 0 Å². The first-order valence-corrected chi connectivity index (χ1v) is 9.40. The van der Waals surface area contributed by atoms with Gasteiger partial charge in [-0.2, -0.15) is 0 Å². The Morgan fingerprint density at radius 2 is 1.71 bits per heavy atom. The summed E-state index contributed by atoms with van der Waals surface area (Å²) >= 11 is 0. The molecule has 1 saturated heterocycles. The molecule has 1 fully saturated rings. The van der Waals surface area contributed by atoms with E-state index in [9.17, 15) is 9.59 Å². The number of piperazine rings is 1. The number of para-hydroxylation sites is 1. The second-order valence-electron chi connectivity index (χ2n) is 6.89. The molecule has 1 aliphatic heterocycles. The normalized spacial score (nSPS) is 14.8. The molecule has 0 spiro atoms. The van der Waals surface area contributed by atoms with Gasteiger partial charge in [0.2, 0.25) is 5.91 Å². The highest BCUT2D eigenvalue weighted by Gasteiger charge is 2.23. The number of benzene rings is 2. The molecule has 0 radical (unpaired) electrons. The molecule has 2 heterocycles. The number of hydrogen-bond acceptors (Lipinski definition) is 4. The Hall–Kier alpha value is -3.25. The van der Waals surface area contributed by atoms with Gasteiger partial charge in [-0.1, -0.05) is 24.3 Å². The summed E-state index contributed by atoms with van der Waals surface area (Å²) < 4.78 is 0. The molecule has 0 unspecified atom stereocenters. The lowest BCUT2D eigenvalue weighted by atomic mass is 10.1. The Morgan fingerprint density at radius 1 is 0.929 bits per heavy atom. The molecule has 2 aromatic carbocycles. The molecule has 2 amide bonds. The zero-order valence-electron chi connectivity index (χ0n) is 15.5. The van der Waals surface area contributed by atoms with Crippen molar-refractivity contribution in [3.8, 4) is 0 Å². The van der Waals surface area contributed by atoms with Crippen LogP contribution in [0.3, 0.4) is 0 Å². The highest BCUT2D eigenvalue weighted by Crippen LogP contribution is 2.16. The van der Waals surface area contributed by atoms with E-state index >= 15 is 0 Å². The number of carbonyl (C=O) groups excluding carboxylic acids is 2. The number of hydrogen-bond donors (Lipinski definition) is 1. The Bertz CT molecular complexity index is 982. The van der Waals surface area contributed by atoms with Crippen LogP contribution in [0.2, 0.25) is 0 Å². The molecule has 3 aromatic rings. The third-order valence-electron chi connectivity index (χ3n) is 4.93. The highest BCUT2D eigenvalue weighted by molar-refractivity contribution is 5.98. The maximum atomic E-state index is 12.8. The van der Waals surface area contributed by atoms with Crippen LogP contribution in [0.15, 0.2) is 66.9 Å². The van der Waals surface area contributed by atoms with Gasteiger partial charge in [-0.05, 0) is 36.4 Å². The van der Waals surface area contributed by atoms with Gasteiger partial charge < -0.3 is 10.2 Å². The van der Waals surface area contributed by atoms with Crippen LogP contribution in [0.25, 0.3) is 10.9 Å². The zero-order valence-corrected chi connectivity index (χ0v) is 15.5. The van der Waals surface area contributed by atoms with Gasteiger partial charge in [0, 0.05) is 49.0 Å². The van der Waals surface area contributed by atoms with Crippen molar-refractivity contribution in [1.29, 1.82) is 0 Å². The zero-order chi connectivity index (χ0) is 19.3. The van der Waals surface area contributed by atoms with Gasteiger partial charge in [-0.3, -0.25) is 19.5 Å². The van der Waals surface area contributed by atoms with Gasteiger partial charge >= 0.3 is 0 Å². The molecule has 0 atom stereocenters. The molecule has 28 heavy (non-hydrogen) atoms.